The molecule has 6 N–H and O–H groups in total. The van der Waals surface area contributed by atoms with Crippen LogP contribution in [0.3, 0.4) is 0 Å². The number of urea groups is 2. The van der Waals surface area contributed by atoms with Crippen LogP contribution in [0.25, 0.3) is 0 Å². The number of likely N-dealkylation sites (tertiary alicyclic amines) is 2. The minimum atomic E-state index is -1.02. The Balaban J connectivity index is 0.000000224. The number of likely N-dealkylation sites (N-methyl/N-ethyl adjacent to an activating group) is 2. The second-order valence-electron chi connectivity index (χ2n) is 24.5. The minimum absolute atomic E-state index is 0.0249. The number of benzene rings is 2. The molecule has 0 spiro atoms. The van der Waals surface area contributed by atoms with E-state index in [2.05, 4.69) is 26.6 Å². The maximum atomic E-state index is 14.5. The van der Waals surface area contributed by atoms with Crippen molar-refractivity contribution in [1.82, 2.24) is 36.4 Å². The van der Waals surface area contributed by atoms with Gasteiger partial charge in [-0.15, -0.1) is 0 Å². The molecule has 0 aromatic heterocycles. The summed E-state index contributed by atoms with van der Waals surface area (Å²) in [6.07, 6.45) is 23.7. The summed E-state index contributed by atoms with van der Waals surface area (Å²) in [5, 5.41) is 29.4. The number of aliphatic hydroxyl groups is 1. The van der Waals surface area contributed by atoms with Crippen LogP contribution in [0.1, 0.15) is 166 Å². The van der Waals surface area contributed by atoms with E-state index in [4.69, 9.17) is 21.1 Å². The molecule has 15 heteroatoms. The van der Waals surface area contributed by atoms with Gasteiger partial charge in [-0.1, -0.05) is 68.0 Å². The SMILES string of the molecule is CCOCCCCC(NC(C)=O)(c1cccc(F)c1)C1CCCN(C(=O)NC(CNC)CC2CCCCC2)C1.CNCC(CC12CC3CC(CC1C3)C2)NC(=O)N1CCCC(C(O)(CCCCOC)c2cccc(Cl)c2)C1. The van der Waals surface area contributed by atoms with Crippen molar-refractivity contribution in [3.05, 3.63) is 70.5 Å². The summed E-state index contributed by atoms with van der Waals surface area (Å²) in [6.45, 7) is 9.56. The van der Waals surface area contributed by atoms with E-state index in [1.165, 1.54) is 77.2 Å². The molecule has 9 rings (SSSR count). The van der Waals surface area contributed by atoms with Crippen LogP contribution in [0.2, 0.25) is 5.02 Å². The van der Waals surface area contributed by atoms with Gasteiger partial charge in [0.1, 0.15) is 5.82 Å². The van der Waals surface area contributed by atoms with Gasteiger partial charge >= 0.3 is 12.1 Å². The molecular weight excluding hydrogens is 993 g/mol. The van der Waals surface area contributed by atoms with Crippen LogP contribution < -0.4 is 26.6 Å². The van der Waals surface area contributed by atoms with E-state index >= 15 is 0 Å². The van der Waals surface area contributed by atoms with E-state index in [0.717, 1.165) is 113 Å². The molecule has 13 nitrogen and oxygen atoms in total. The molecule has 8 atom stereocenters. The normalized spacial score (nSPS) is 26.5. The second-order valence-corrected chi connectivity index (χ2v) is 25.0. The van der Waals surface area contributed by atoms with Crippen molar-refractivity contribution < 1.29 is 33.4 Å². The topological polar surface area (TPSA) is 157 Å². The number of ether oxygens (including phenoxy) is 2. The summed E-state index contributed by atoms with van der Waals surface area (Å²) < 4.78 is 25.3. The molecule has 5 aliphatic carbocycles. The lowest BCUT2D eigenvalue weighted by molar-refractivity contribution is -0.122. The molecule has 2 aliphatic heterocycles. The molecule has 5 saturated carbocycles. The lowest BCUT2D eigenvalue weighted by Gasteiger charge is -2.46. The molecule has 432 valence electrons. The van der Waals surface area contributed by atoms with Crippen molar-refractivity contribution in [2.45, 2.75) is 178 Å². The van der Waals surface area contributed by atoms with E-state index < -0.39 is 11.1 Å². The van der Waals surface area contributed by atoms with Gasteiger partial charge in [-0.25, -0.2) is 14.0 Å². The van der Waals surface area contributed by atoms with Crippen LogP contribution in [0.15, 0.2) is 48.5 Å². The van der Waals surface area contributed by atoms with Crippen LogP contribution in [0.4, 0.5) is 14.0 Å². The number of carbonyl (C=O) groups is 3. The molecule has 0 radical (unpaired) electrons. The summed E-state index contributed by atoms with van der Waals surface area (Å²) in [4.78, 5) is 43.7. The average Bonchev–Trinajstić information content (AvgIpc) is 3.81. The smallest absolute Gasteiger partial charge is 0.317 e. The van der Waals surface area contributed by atoms with Crippen LogP contribution in [-0.2, 0) is 25.4 Å². The number of methoxy groups -OCH3 is 1. The van der Waals surface area contributed by atoms with Gasteiger partial charge in [-0.3, -0.25) is 4.79 Å². The fourth-order valence-electron chi connectivity index (χ4n) is 15.8. The number of amides is 5. The van der Waals surface area contributed by atoms with Crippen molar-refractivity contribution in [2.75, 3.05) is 80.3 Å². The van der Waals surface area contributed by atoms with E-state index in [0.29, 0.717) is 68.7 Å². The summed E-state index contributed by atoms with van der Waals surface area (Å²) in [5.74, 6) is 2.85. The zero-order valence-electron chi connectivity index (χ0n) is 47.8. The lowest BCUT2D eigenvalue weighted by atomic mass is 9.71. The maximum Gasteiger partial charge on any atom is 0.317 e. The van der Waals surface area contributed by atoms with Crippen molar-refractivity contribution in [3.63, 3.8) is 0 Å². The molecule has 2 aromatic carbocycles. The van der Waals surface area contributed by atoms with Crippen molar-refractivity contribution in [3.8, 4) is 0 Å². The van der Waals surface area contributed by atoms with Gasteiger partial charge in [0.2, 0.25) is 5.91 Å². The third-order valence-corrected chi connectivity index (χ3v) is 19.3. The highest BCUT2D eigenvalue weighted by Gasteiger charge is 2.58. The third kappa shape index (κ3) is 16.5. The number of halogens is 2. The predicted molar refractivity (Wildman–Crippen MR) is 306 cm³/mol. The van der Waals surface area contributed by atoms with Gasteiger partial charge in [0.15, 0.2) is 0 Å². The summed E-state index contributed by atoms with van der Waals surface area (Å²) in [6, 6.07) is 14.5. The standard InChI is InChI=1S/C31H48ClN3O3.C31H51FN4O3/c1-33-20-28(19-30-17-22-13-23(18-30)15-26(30)14-22)34-29(36)35-11-6-8-25(21-35)31(37,10-3-4-12-38-2)24-7-5-9-27(32)16-24;1-4-39-19-9-8-17-31(35-24(2)37,26-14-10-16-28(32)21-26)27-15-11-18-36(23-27)30(38)34-29(22-33-3)20-25-12-6-5-7-13-25/h5,7,9,16,22-23,25-26,28,33,37H,3-4,6,8,10-15,17-21H2,1-2H3,(H,34,36);10,14,16,21,25,27,29,33H,4-9,11-13,15,17-20,22-23H2,1-3H3,(H,34,38)(H,35,37). The highest BCUT2D eigenvalue weighted by atomic mass is 35.5. The van der Waals surface area contributed by atoms with Crippen molar-refractivity contribution in [1.29, 1.82) is 0 Å². The number of unbranched alkanes of at least 4 members (excludes halogenated alkanes) is 2. The highest BCUT2D eigenvalue weighted by Crippen LogP contribution is 2.67. The van der Waals surface area contributed by atoms with Crippen LogP contribution in [0, 0.1) is 46.7 Å². The Kier molecular flexibility index (Phi) is 23.6. The van der Waals surface area contributed by atoms with Gasteiger partial charge in [0.25, 0.3) is 0 Å². The molecule has 2 heterocycles. The van der Waals surface area contributed by atoms with Gasteiger partial charge in [0.05, 0.1) is 11.1 Å². The van der Waals surface area contributed by atoms with Gasteiger partial charge in [-0.05, 0) is 195 Å². The molecule has 4 bridgehead atoms. The first-order chi connectivity index (χ1) is 37.2. The first kappa shape index (κ1) is 61.1. The summed E-state index contributed by atoms with van der Waals surface area (Å²) in [5.41, 5.74) is 0.289. The number of nitrogens with one attached hydrogen (secondary N) is 5. The molecule has 8 unspecified atom stereocenters. The minimum Gasteiger partial charge on any atom is -0.385 e. The van der Waals surface area contributed by atoms with Gasteiger partial charge < -0.3 is 51.0 Å². The number of rotatable bonds is 26. The summed E-state index contributed by atoms with van der Waals surface area (Å²) in [7, 11) is 5.63. The quantitative estimate of drug-likeness (QED) is 0.0509. The van der Waals surface area contributed by atoms with E-state index in [1.807, 2.05) is 61.2 Å². The average molecular weight is 1090 g/mol. The molecule has 2 aromatic rings. The number of nitrogens with zero attached hydrogens (tertiary/aromatic N) is 2. The molecule has 7 aliphatic rings. The van der Waals surface area contributed by atoms with E-state index in [9.17, 15) is 23.9 Å². The molecule has 2 saturated heterocycles. The van der Waals surface area contributed by atoms with Crippen molar-refractivity contribution in [2.24, 2.45) is 40.9 Å². The Hall–Kier alpha value is -3.53. The molecular formula is C62H99ClFN7O6. The first-order valence-electron chi connectivity index (χ1n) is 30.2. The third-order valence-electron chi connectivity index (χ3n) is 19.0. The second kappa shape index (κ2) is 29.8. The van der Waals surface area contributed by atoms with Crippen LogP contribution in [0.5, 0.6) is 0 Å². The fourth-order valence-corrected chi connectivity index (χ4v) is 15.9. The monoisotopic (exact) mass is 1090 g/mol. The zero-order valence-corrected chi connectivity index (χ0v) is 48.6. The Morgan fingerprint density at radius 3 is 2.05 bits per heavy atom. The molecule has 7 fully saturated rings. The molecule has 5 amide bonds. The molecule has 77 heavy (non-hydrogen) atoms. The number of hydrogen-bond donors (Lipinski definition) is 6. The van der Waals surface area contributed by atoms with Crippen LogP contribution >= 0.6 is 11.6 Å². The number of carbonyl (C=O) groups excluding carboxylic acids is 3. The first-order valence-corrected chi connectivity index (χ1v) is 30.6. The van der Waals surface area contributed by atoms with Gasteiger partial charge in [-0.2, -0.15) is 0 Å². The number of hydrogen-bond acceptors (Lipinski definition) is 8. The van der Waals surface area contributed by atoms with Gasteiger partial charge in [0, 0.05) is 102 Å². The highest BCUT2D eigenvalue weighted by molar-refractivity contribution is 6.30. The predicted octanol–water partition coefficient (Wildman–Crippen LogP) is 10.9. The Morgan fingerprint density at radius 2 is 1.40 bits per heavy atom. The van der Waals surface area contributed by atoms with E-state index in [-0.39, 0.29) is 47.7 Å². The number of piperidine rings is 2. The lowest BCUT2D eigenvalue weighted by Crippen LogP contribution is -2.58. The largest absolute Gasteiger partial charge is 0.385 e. The Labute approximate surface area is 467 Å². The Bertz CT molecular complexity index is 2140. The van der Waals surface area contributed by atoms with Crippen molar-refractivity contribution >= 4 is 29.6 Å². The Morgan fingerprint density at radius 1 is 0.779 bits per heavy atom. The maximum absolute atomic E-state index is 14.5. The van der Waals surface area contributed by atoms with Crippen LogP contribution in [-0.4, -0.2) is 125 Å². The van der Waals surface area contributed by atoms with E-state index in [1.54, 1.807) is 19.2 Å². The zero-order chi connectivity index (χ0) is 54.8. The fraction of sp³-hybridized carbons (Fsp3) is 0.758. The summed E-state index contributed by atoms with van der Waals surface area (Å²) >= 11 is 6.35.